The van der Waals surface area contributed by atoms with Crippen molar-refractivity contribution in [2.45, 2.75) is 20.3 Å². The first-order valence-electron chi connectivity index (χ1n) is 7.43. The molecule has 0 radical (unpaired) electrons. The predicted octanol–water partition coefficient (Wildman–Crippen LogP) is 3.89. The number of aromatic nitrogens is 2. The van der Waals surface area contributed by atoms with Crippen molar-refractivity contribution in [2.75, 3.05) is 5.43 Å². The number of amides is 1. The molecule has 2 heterocycles. The maximum absolute atomic E-state index is 12.1. The van der Waals surface area contributed by atoms with Gasteiger partial charge in [-0.25, -0.2) is 4.98 Å². The van der Waals surface area contributed by atoms with Crippen LogP contribution >= 0.6 is 22.9 Å². The molecule has 0 spiro atoms. The van der Waals surface area contributed by atoms with Crippen LogP contribution in [0.5, 0.6) is 0 Å². The normalized spacial score (nSPS) is 10.6. The molecule has 1 aromatic carbocycles. The number of nitrogens with zero attached hydrogens (tertiary/aromatic N) is 2. The number of hydrogen-bond acceptors (Lipinski definition) is 4. The van der Waals surface area contributed by atoms with E-state index in [-0.39, 0.29) is 12.3 Å². The van der Waals surface area contributed by atoms with Crippen LogP contribution in [0, 0.1) is 13.8 Å². The molecule has 3 rings (SSSR count). The lowest BCUT2D eigenvalue weighted by Crippen LogP contribution is -2.30. The number of nitrogens with one attached hydrogen (secondary N) is 2. The molecule has 0 unspecified atom stereocenters. The molecule has 2 N–H and O–H groups in total. The summed E-state index contributed by atoms with van der Waals surface area (Å²) in [6, 6.07) is 11.3. The van der Waals surface area contributed by atoms with Gasteiger partial charge in [-0.15, -0.1) is 11.3 Å². The number of hydrogen-bond donors (Lipinski definition) is 2. The van der Waals surface area contributed by atoms with Gasteiger partial charge in [0, 0.05) is 21.8 Å². The lowest BCUT2D eigenvalue weighted by atomic mass is 10.3. The Morgan fingerprint density at radius 3 is 2.71 bits per heavy atom. The molecule has 5 nitrogen and oxygen atoms in total. The molecule has 0 saturated heterocycles. The monoisotopic (exact) mass is 360 g/mol. The fraction of sp³-hybridized carbons (Fsp3) is 0.176. The lowest BCUT2D eigenvalue weighted by Gasteiger charge is -2.08. The van der Waals surface area contributed by atoms with Crippen molar-refractivity contribution in [3.8, 4) is 5.13 Å². The minimum absolute atomic E-state index is 0.159. The van der Waals surface area contributed by atoms with Crippen LogP contribution in [0.4, 0.5) is 5.69 Å². The van der Waals surface area contributed by atoms with Gasteiger partial charge in [-0.3, -0.25) is 20.2 Å². The number of thiazole rings is 1. The number of carbonyl (C=O) groups excluding carboxylic acids is 1. The van der Waals surface area contributed by atoms with E-state index in [1.807, 2.05) is 31.4 Å². The highest BCUT2D eigenvalue weighted by Gasteiger charge is 2.11. The van der Waals surface area contributed by atoms with Crippen LogP contribution in [0.15, 0.2) is 41.8 Å². The van der Waals surface area contributed by atoms with Crippen LogP contribution in [0.3, 0.4) is 0 Å². The minimum atomic E-state index is -0.159. The summed E-state index contributed by atoms with van der Waals surface area (Å²) in [6.07, 6.45) is 0.212. The molecule has 7 heteroatoms. The highest BCUT2D eigenvalue weighted by molar-refractivity contribution is 7.12. The zero-order chi connectivity index (χ0) is 17.1. The molecule has 0 atom stereocenters. The first-order valence-corrected chi connectivity index (χ1v) is 8.69. The summed E-state index contributed by atoms with van der Waals surface area (Å²) < 4.78 is 2.08. The van der Waals surface area contributed by atoms with Gasteiger partial charge < -0.3 is 0 Å². The van der Waals surface area contributed by atoms with Crippen molar-refractivity contribution in [3.05, 3.63) is 63.9 Å². The highest BCUT2D eigenvalue weighted by Crippen LogP contribution is 2.20. The third-order valence-corrected chi connectivity index (χ3v) is 4.62. The zero-order valence-electron chi connectivity index (χ0n) is 13.3. The summed E-state index contributed by atoms with van der Waals surface area (Å²) in [6.45, 7) is 4.07. The zero-order valence-corrected chi connectivity index (χ0v) is 14.9. The van der Waals surface area contributed by atoms with Gasteiger partial charge in [-0.05, 0) is 44.2 Å². The first kappa shape index (κ1) is 16.5. The number of hydrazine groups is 1. The summed E-state index contributed by atoms with van der Waals surface area (Å²) in [5, 5.41) is 3.39. The van der Waals surface area contributed by atoms with E-state index < -0.39 is 0 Å². The van der Waals surface area contributed by atoms with Crippen molar-refractivity contribution < 1.29 is 4.79 Å². The number of carbonyl (C=O) groups is 1. The maximum Gasteiger partial charge on any atom is 0.244 e. The van der Waals surface area contributed by atoms with Crippen molar-refractivity contribution in [3.63, 3.8) is 0 Å². The maximum atomic E-state index is 12.1. The summed E-state index contributed by atoms with van der Waals surface area (Å²) in [5.74, 6) is -0.159. The molecule has 0 fully saturated rings. The van der Waals surface area contributed by atoms with Gasteiger partial charge in [0.25, 0.3) is 0 Å². The van der Waals surface area contributed by atoms with Crippen LogP contribution in [-0.4, -0.2) is 15.5 Å². The van der Waals surface area contributed by atoms with Gasteiger partial charge >= 0.3 is 0 Å². The van der Waals surface area contributed by atoms with E-state index in [1.165, 1.54) is 11.3 Å². The molecule has 3 aromatic rings. The van der Waals surface area contributed by atoms with Crippen LogP contribution in [0.1, 0.15) is 17.1 Å². The molecule has 0 aliphatic carbocycles. The van der Waals surface area contributed by atoms with E-state index in [9.17, 15) is 4.79 Å². The van der Waals surface area contributed by atoms with Gasteiger partial charge in [0.15, 0.2) is 5.13 Å². The Balaban J connectivity index is 1.61. The second-order valence-electron chi connectivity index (χ2n) is 5.43. The number of rotatable bonds is 5. The summed E-state index contributed by atoms with van der Waals surface area (Å²) in [5.41, 5.74) is 9.22. The number of aryl methyl sites for hydroxylation is 2. The average molecular weight is 361 g/mol. The van der Waals surface area contributed by atoms with Crippen molar-refractivity contribution in [2.24, 2.45) is 0 Å². The van der Waals surface area contributed by atoms with Crippen LogP contribution in [0.2, 0.25) is 5.02 Å². The topological polar surface area (TPSA) is 59.0 Å². The van der Waals surface area contributed by atoms with Gasteiger partial charge in [0.05, 0.1) is 17.8 Å². The fourth-order valence-corrected chi connectivity index (χ4v) is 3.50. The number of benzene rings is 1. The Morgan fingerprint density at radius 2 is 2.00 bits per heavy atom. The summed E-state index contributed by atoms with van der Waals surface area (Å²) in [7, 11) is 0. The summed E-state index contributed by atoms with van der Waals surface area (Å²) >= 11 is 7.43. The second kappa shape index (κ2) is 7.07. The smallest absolute Gasteiger partial charge is 0.244 e. The fourth-order valence-electron chi connectivity index (χ4n) is 2.37. The molecule has 0 aliphatic rings. The Kier molecular flexibility index (Phi) is 4.87. The predicted molar refractivity (Wildman–Crippen MR) is 97.8 cm³/mol. The average Bonchev–Trinajstić information content (AvgIpc) is 3.12. The summed E-state index contributed by atoms with van der Waals surface area (Å²) in [4.78, 5) is 16.6. The molecule has 1 amide bonds. The van der Waals surface area contributed by atoms with Crippen molar-refractivity contribution in [1.29, 1.82) is 0 Å². The molecule has 0 bridgehead atoms. The van der Waals surface area contributed by atoms with E-state index >= 15 is 0 Å². The SMILES string of the molecule is Cc1ccc(C)n1-c1nc(CC(=O)NNc2cccc(Cl)c2)cs1. The third kappa shape index (κ3) is 3.77. The van der Waals surface area contributed by atoms with Crippen molar-refractivity contribution in [1.82, 2.24) is 15.0 Å². The Bertz CT molecular complexity index is 852. The molecule has 0 aliphatic heterocycles. The minimum Gasteiger partial charge on any atom is -0.299 e. The molecular weight excluding hydrogens is 344 g/mol. The van der Waals surface area contributed by atoms with Gasteiger partial charge in [0.2, 0.25) is 5.91 Å². The van der Waals surface area contributed by atoms with Gasteiger partial charge in [-0.2, -0.15) is 0 Å². The van der Waals surface area contributed by atoms with E-state index in [2.05, 4.69) is 32.5 Å². The number of anilines is 1. The van der Waals surface area contributed by atoms with Crippen LogP contribution in [0.25, 0.3) is 5.13 Å². The van der Waals surface area contributed by atoms with Gasteiger partial charge in [-0.1, -0.05) is 17.7 Å². The van der Waals surface area contributed by atoms with E-state index in [4.69, 9.17) is 11.6 Å². The van der Waals surface area contributed by atoms with Crippen molar-refractivity contribution >= 4 is 34.5 Å². The Morgan fingerprint density at radius 1 is 1.25 bits per heavy atom. The standard InChI is InChI=1S/C17H17ClN4OS/c1-11-6-7-12(2)22(11)17-19-15(10-24-17)9-16(23)21-20-14-5-3-4-13(18)8-14/h3-8,10,20H,9H2,1-2H3,(H,21,23). The molecule has 2 aromatic heterocycles. The van der Waals surface area contributed by atoms with E-state index in [0.29, 0.717) is 5.02 Å². The molecule has 0 saturated carbocycles. The van der Waals surface area contributed by atoms with E-state index in [1.54, 1.807) is 12.1 Å². The Labute approximate surface area is 149 Å². The first-order chi connectivity index (χ1) is 11.5. The Hall–Kier alpha value is -2.31. The van der Waals surface area contributed by atoms with Crippen LogP contribution in [-0.2, 0) is 11.2 Å². The van der Waals surface area contributed by atoms with Gasteiger partial charge in [0.1, 0.15) is 0 Å². The molecule has 124 valence electrons. The molecule has 24 heavy (non-hydrogen) atoms. The quantitative estimate of drug-likeness (QED) is 0.678. The van der Waals surface area contributed by atoms with E-state index in [0.717, 1.165) is 27.9 Å². The van der Waals surface area contributed by atoms with Crippen LogP contribution < -0.4 is 10.9 Å². The number of halogens is 1. The molecular formula is C17H17ClN4OS. The largest absolute Gasteiger partial charge is 0.299 e. The lowest BCUT2D eigenvalue weighted by molar-refractivity contribution is -0.120. The second-order valence-corrected chi connectivity index (χ2v) is 6.71. The highest BCUT2D eigenvalue weighted by atomic mass is 35.5. The third-order valence-electron chi connectivity index (χ3n) is 3.51.